The van der Waals surface area contributed by atoms with Crippen LogP contribution in [0.3, 0.4) is 0 Å². The Labute approximate surface area is 73.7 Å². The molecule has 12 heavy (non-hydrogen) atoms. The Hall–Kier alpha value is -0.570. The van der Waals surface area contributed by atoms with Gasteiger partial charge in [-0.25, -0.2) is 0 Å². The SMILES string of the molecule is CCN(CC)C(=O)CCC1CO1. The van der Waals surface area contributed by atoms with Crippen LogP contribution >= 0.6 is 0 Å². The van der Waals surface area contributed by atoms with Crippen molar-refractivity contribution >= 4 is 5.91 Å². The molecular formula is C9H17NO2. The normalized spacial score (nSPS) is 20.7. The molecule has 3 nitrogen and oxygen atoms in total. The van der Waals surface area contributed by atoms with Gasteiger partial charge in [0.15, 0.2) is 0 Å². The molecule has 1 atom stereocenters. The first-order valence-corrected chi connectivity index (χ1v) is 4.67. The zero-order valence-corrected chi connectivity index (χ0v) is 7.88. The summed E-state index contributed by atoms with van der Waals surface area (Å²) in [7, 11) is 0. The maximum atomic E-state index is 11.4. The molecule has 0 radical (unpaired) electrons. The van der Waals surface area contributed by atoms with Gasteiger partial charge < -0.3 is 9.64 Å². The maximum Gasteiger partial charge on any atom is 0.222 e. The van der Waals surface area contributed by atoms with Crippen LogP contribution in [-0.4, -0.2) is 36.6 Å². The van der Waals surface area contributed by atoms with E-state index in [1.54, 1.807) is 0 Å². The van der Waals surface area contributed by atoms with Crippen LogP contribution in [0.15, 0.2) is 0 Å². The minimum absolute atomic E-state index is 0.260. The second-order valence-corrected chi connectivity index (χ2v) is 3.06. The number of nitrogens with zero attached hydrogens (tertiary/aromatic N) is 1. The second-order valence-electron chi connectivity index (χ2n) is 3.06. The van der Waals surface area contributed by atoms with Crippen molar-refractivity contribution in [2.24, 2.45) is 0 Å². The van der Waals surface area contributed by atoms with Gasteiger partial charge in [-0.3, -0.25) is 4.79 Å². The van der Waals surface area contributed by atoms with E-state index in [0.29, 0.717) is 12.5 Å². The molecule has 3 heteroatoms. The number of carbonyl (C=O) groups excluding carboxylic acids is 1. The van der Waals surface area contributed by atoms with Gasteiger partial charge in [0.2, 0.25) is 5.91 Å². The summed E-state index contributed by atoms with van der Waals surface area (Å²) in [6.07, 6.45) is 1.92. The molecule has 0 spiro atoms. The van der Waals surface area contributed by atoms with Gasteiger partial charge in [0.25, 0.3) is 0 Å². The lowest BCUT2D eigenvalue weighted by Crippen LogP contribution is -2.30. The smallest absolute Gasteiger partial charge is 0.222 e. The molecule has 1 fully saturated rings. The molecule has 70 valence electrons. The van der Waals surface area contributed by atoms with E-state index in [-0.39, 0.29) is 5.91 Å². The molecule has 1 aliphatic rings. The Morgan fingerprint density at radius 2 is 2.08 bits per heavy atom. The fourth-order valence-electron chi connectivity index (χ4n) is 1.25. The summed E-state index contributed by atoms with van der Waals surface area (Å²) in [6, 6.07) is 0. The molecule has 0 aromatic carbocycles. The summed E-state index contributed by atoms with van der Waals surface area (Å²) in [5, 5.41) is 0. The van der Waals surface area contributed by atoms with Crippen LogP contribution in [0, 0.1) is 0 Å². The number of carbonyl (C=O) groups is 1. The average Bonchev–Trinajstić information content (AvgIpc) is 2.86. The first-order chi connectivity index (χ1) is 5.77. The van der Waals surface area contributed by atoms with E-state index in [9.17, 15) is 4.79 Å². The van der Waals surface area contributed by atoms with Crippen LogP contribution in [-0.2, 0) is 9.53 Å². The Bertz CT molecular complexity index is 151. The minimum atomic E-state index is 0.260. The van der Waals surface area contributed by atoms with E-state index in [4.69, 9.17) is 4.74 Å². The molecule has 0 N–H and O–H groups in total. The summed E-state index contributed by atoms with van der Waals surface area (Å²) in [5.74, 6) is 0.260. The van der Waals surface area contributed by atoms with E-state index in [1.165, 1.54) is 0 Å². The van der Waals surface area contributed by atoms with Gasteiger partial charge in [-0.2, -0.15) is 0 Å². The van der Waals surface area contributed by atoms with Crippen LogP contribution in [0.2, 0.25) is 0 Å². The van der Waals surface area contributed by atoms with Gasteiger partial charge in [-0.15, -0.1) is 0 Å². The molecule has 1 amide bonds. The summed E-state index contributed by atoms with van der Waals surface area (Å²) in [4.78, 5) is 13.3. The monoisotopic (exact) mass is 171 g/mol. The van der Waals surface area contributed by atoms with Crippen molar-refractivity contribution in [2.45, 2.75) is 32.8 Å². The summed E-state index contributed by atoms with van der Waals surface area (Å²) < 4.78 is 5.04. The highest BCUT2D eigenvalue weighted by molar-refractivity contribution is 5.76. The third-order valence-electron chi connectivity index (χ3n) is 2.20. The van der Waals surface area contributed by atoms with Crippen molar-refractivity contribution in [2.75, 3.05) is 19.7 Å². The number of ether oxygens (including phenoxy) is 1. The van der Waals surface area contributed by atoms with E-state index < -0.39 is 0 Å². The lowest BCUT2D eigenvalue weighted by molar-refractivity contribution is -0.131. The Kier molecular flexibility index (Phi) is 3.53. The number of epoxide rings is 1. The molecule has 1 unspecified atom stereocenters. The third-order valence-corrected chi connectivity index (χ3v) is 2.20. The van der Waals surface area contributed by atoms with Crippen LogP contribution in [0.5, 0.6) is 0 Å². The lowest BCUT2D eigenvalue weighted by Gasteiger charge is -2.17. The van der Waals surface area contributed by atoms with Crippen LogP contribution < -0.4 is 0 Å². The number of hydrogen-bond acceptors (Lipinski definition) is 2. The van der Waals surface area contributed by atoms with E-state index in [1.807, 2.05) is 18.7 Å². The predicted octanol–water partition coefficient (Wildman–Crippen LogP) is 1.03. The molecule has 0 aromatic heterocycles. The first kappa shape index (κ1) is 9.52. The molecule has 0 bridgehead atoms. The molecule has 0 aromatic rings. The van der Waals surface area contributed by atoms with Gasteiger partial charge >= 0.3 is 0 Å². The van der Waals surface area contributed by atoms with Crippen molar-refractivity contribution < 1.29 is 9.53 Å². The predicted molar refractivity (Wildman–Crippen MR) is 46.9 cm³/mol. The van der Waals surface area contributed by atoms with Gasteiger partial charge in [0.1, 0.15) is 0 Å². The average molecular weight is 171 g/mol. The third kappa shape index (κ3) is 2.81. The molecule has 0 saturated carbocycles. The van der Waals surface area contributed by atoms with Crippen molar-refractivity contribution in [3.8, 4) is 0 Å². The van der Waals surface area contributed by atoms with Gasteiger partial charge in [0.05, 0.1) is 12.7 Å². The van der Waals surface area contributed by atoms with E-state index >= 15 is 0 Å². The summed E-state index contributed by atoms with van der Waals surface area (Å²) >= 11 is 0. The molecule has 0 aliphatic carbocycles. The van der Waals surface area contributed by atoms with Crippen LogP contribution in [0.25, 0.3) is 0 Å². The van der Waals surface area contributed by atoms with Crippen molar-refractivity contribution in [3.05, 3.63) is 0 Å². The highest BCUT2D eigenvalue weighted by atomic mass is 16.6. The largest absolute Gasteiger partial charge is 0.373 e. The molecule has 1 heterocycles. The quantitative estimate of drug-likeness (QED) is 0.579. The Balaban J connectivity index is 2.15. The highest BCUT2D eigenvalue weighted by Gasteiger charge is 2.23. The lowest BCUT2D eigenvalue weighted by atomic mass is 10.2. The fraction of sp³-hybridized carbons (Fsp3) is 0.889. The molecule has 1 aliphatic heterocycles. The molecule has 1 rings (SSSR count). The Morgan fingerprint density at radius 3 is 2.50 bits per heavy atom. The summed E-state index contributed by atoms with van der Waals surface area (Å²) in [5.41, 5.74) is 0. The zero-order chi connectivity index (χ0) is 8.97. The Morgan fingerprint density at radius 1 is 1.50 bits per heavy atom. The fourth-order valence-corrected chi connectivity index (χ4v) is 1.25. The zero-order valence-electron chi connectivity index (χ0n) is 7.88. The topological polar surface area (TPSA) is 32.8 Å². The molecule has 1 saturated heterocycles. The van der Waals surface area contributed by atoms with Crippen molar-refractivity contribution in [1.29, 1.82) is 0 Å². The number of hydrogen-bond donors (Lipinski definition) is 0. The van der Waals surface area contributed by atoms with Gasteiger partial charge in [0, 0.05) is 19.5 Å². The van der Waals surface area contributed by atoms with Crippen LogP contribution in [0.1, 0.15) is 26.7 Å². The van der Waals surface area contributed by atoms with E-state index in [2.05, 4.69) is 0 Å². The van der Waals surface area contributed by atoms with Crippen LogP contribution in [0.4, 0.5) is 0 Å². The first-order valence-electron chi connectivity index (χ1n) is 4.67. The maximum absolute atomic E-state index is 11.4. The minimum Gasteiger partial charge on any atom is -0.373 e. The summed E-state index contributed by atoms with van der Waals surface area (Å²) in [6.45, 7) is 6.51. The number of amides is 1. The van der Waals surface area contributed by atoms with E-state index in [0.717, 1.165) is 26.1 Å². The van der Waals surface area contributed by atoms with Crippen molar-refractivity contribution in [1.82, 2.24) is 4.90 Å². The number of rotatable bonds is 5. The van der Waals surface area contributed by atoms with Gasteiger partial charge in [-0.05, 0) is 20.3 Å². The van der Waals surface area contributed by atoms with Crippen molar-refractivity contribution in [3.63, 3.8) is 0 Å². The second kappa shape index (κ2) is 4.45. The highest BCUT2D eigenvalue weighted by Crippen LogP contribution is 2.15. The molecular weight excluding hydrogens is 154 g/mol. The standard InChI is InChI=1S/C9H17NO2/c1-3-10(4-2)9(11)6-5-8-7-12-8/h8H,3-7H2,1-2H3. The van der Waals surface area contributed by atoms with Gasteiger partial charge in [-0.1, -0.05) is 0 Å².